The molecule has 0 bridgehead atoms. The lowest BCUT2D eigenvalue weighted by molar-refractivity contribution is -0.114. The number of amides is 2. The topological polar surface area (TPSA) is 71.1 Å². The van der Waals surface area contributed by atoms with Gasteiger partial charge in [-0.05, 0) is 38.1 Å². The Morgan fingerprint density at radius 2 is 1.86 bits per heavy atom. The summed E-state index contributed by atoms with van der Waals surface area (Å²) in [5.74, 6) is -0.295. The smallest absolute Gasteiger partial charge is 0.251 e. The summed E-state index contributed by atoms with van der Waals surface area (Å²) in [6.07, 6.45) is 0. The van der Waals surface area contributed by atoms with Gasteiger partial charge in [0.1, 0.15) is 5.01 Å². The maximum Gasteiger partial charge on any atom is 0.251 e. The summed E-state index contributed by atoms with van der Waals surface area (Å²) < 4.78 is 0. The fourth-order valence-corrected chi connectivity index (χ4v) is 2.65. The summed E-state index contributed by atoms with van der Waals surface area (Å²) in [6.45, 7) is 5.83. The zero-order chi connectivity index (χ0) is 15.4. The maximum absolute atomic E-state index is 12.0. The fourth-order valence-electron chi connectivity index (χ4n) is 1.78. The highest BCUT2D eigenvalue weighted by molar-refractivity contribution is 7.11. The Morgan fingerprint density at radius 1 is 1.19 bits per heavy atom. The van der Waals surface area contributed by atoms with Crippen molar-refractivity contribution in [2.24, 2.45) is 0 Å². The minimum atomic E-state index is -0.158. The molecule has 0 atom stereocenters. The van der Waals surface area contributed by atoms with Crippen molar-refractivity contribution in [2.45, 2.75) is 27.3 Å². The van der Waals surface area contributed by atoms with Gasteiger partial charge in [0.2, 0.25) is 5.91 Å². The van der Waals surface area contributed by atoms with Gasteiger partial charge in [-0.1, -0.05) is 0 Å². The molecule has 0 saturated heterocycles. The third-order valence-corrected chi connectivity index (χ3v) is 4.01. The van der Waals surface area contributed by atoms with Crippen molar-refractivity contribution in [3.8, 4) is 0 Å². The highest BCUT2D eigenvalue weighted by Gasteiger charge is 2.08. The number of nitrogens with one attached hydrogen (secondary N) is 2. The number of carbonyl (C=O) groups is 2. The summed E-state index contributed by atoms with van der Waals surface area (Å²) in [6, 6.07) is 6.76. The second-order valence-electron chi connectivity index (χ2n) is 4.69. The van der Waals surface area contributed by atoms with E-state index in [1.807, 2.05) is 13.8 Å². The van der Waals surface area contributed by atoms with Gasteiger partial charge >= 0.3 is 0 Å². The van der Waals surface area contributed by atoms with E-state index in [1.165, 1.54) is 11.8 Å². The predicted molar refractivity (Wildman–Crippen MR) is 83.5 cm³/mol. The molecule has 1 aromatic carbocycles. The molecule has 1 heterocycles. The van der Waals surface area contributed by atoms with Gasteiger partial charge < -0.3 is 10.6 Å². The number of anilines is 1. The van der Waals surface area contributed by atoms with Crippen molar-refractivity contribution in [3.05, 3.63) is 45.4 Å². The maximum atomic E-state index is 12.0. The van der Waals surface area contributed by atoms with Crippen molar-refractivity contribution < 1.29 is 9.59 Å². The summed E-state index contributed by atoms with van der Waals surface area (Å²) in [5, 5.41) is 6.39. The molecule has 0 aliphatic heterocycles. The van der Waals surface area contributed by atoms with E-state index in [0.29, 0.717) is 17.8 Å². The summed E-state index contributed by atoms with van der Waals surface area (Å²) in [7, 11) is 0. The molecule has 110 valence electrons. The zero-order valence-electron chi connectivity index (χ0n) is 12.2. The van der Waals surface area contributed by atoms with E-state index in [4.69, 9.17) is 0 Å². The molecular weight excluding hydrogens is 286 g/mol. The highest BCUT2D eigenvalue weighted by Crippen LogP contribution is 2.16. The first-order valence-corrected chi connectivity index (χ1v) is 7.36. The number of aryl methyl sites for hydroxylation is 2. The summed E-state index contributed by atoms with van der Waals surface area (Å²) in [4.78, 5) is 28.5. The minimum absolute atomic E-state index is 0.137. The van der Waals surface area contributed by atoms with Gasteiger partial charge in [-0.2, -0.15) is 0 Å². The largest absolute Gasteiger partial charge is 0.346 e. The Kier molecular flexibility index (Phi) is 4.70. The number of hydrogen-bond acceptors (Lipinski definition) is 4. The normalized spacial score (nSPS) is 10.2. The molecule has 0 radical (unpaired) electrons. The van der Waals surface area contributed by atoms with Crippen molar-refractivity contribution in [3.63, 3.8) is 0 Å². The van der Waals surface area contributed by atoms with Crippen LogP contribution in [-0.4, -0.2) is 16.8 Å². The molecule has 1 aromatic heterocycles. The molecule has 2 aromatic rings. The zero-order valence-corrected chi connectivity index (χ0v) is 13.0. The van der Waals surface area contributed by atoms with Gasteiger partial charge in [-0.15, -0.1) is 11.3 Å². The van der Waals surface area contributed by atoms with Crippen molar-refractivity contribution in [2.75, 3.05) is 5.32 Å². The fraction of sp³-hybridized carbons (Fsp3) is 0.267. The summed E-state index contributed by atoms with van der Waals surface area (Å²) >= 11 is 1.59. The van der Waals surface area contributed by atoms with Gasteiger partial charge in [0, 0.05) is 23.1 Å². The van der Waals surface area contributed by atoms with Crippen LogP contribution in [0, 0.1) is 13.8 Å². The molecule has 0 saturated carbocycles. The Morgan fingerprint density at radius 3 is 2.38 bits per heavy atom. The number of carbonyl (C=O) groups excluding carboxylic acids is 2. The lowest BCUT2D eigenvalue weighted by Crippen LogP contribution is -2.22. The number of nitrogens with zero attached hydrogens (tertiary/aromatic N) is 1. The second kappa shape index (κ2) is 6.49. The standard InChI is InChI=1S/C15H17N3O2S/c1-9-10(2)21-14(17-9)8-16-15(20)12-4-6-13(7-5-12)18-11(3)19/h4-7H,8H2,1-3H3,(H,16,20)(H,18,19). The molecular formula is C15H17N3O2S. The molecule has 21 heavy (non-hydrogen) atoms. The number of thiazole rings is 1. The molecule has 5 nitrogen and oxygen atoms in total. The van der Waals surface area contributed by atoms with Crippen LogP contribution in [0.5, 0.6) is 0 Å². The van der Waals surface area contributed by atoms with Gasteiger partial charge in [-0.3, -0.25) is 9.59 Å². The van der Waals surface area contributed by atoms with E-state index in [9.17, 15) is 9.59 Å². The molecule has 0 spiro atoms. The SMILES string of the molecule is CC(=O)Nc1ccc(C(=O)NCc2nc(C)c(C)s2)cc1. The van der Waals surface area contributed by atoms with Crippen LogP contribution in [0.15, 0.2) is 24.3 Å². The van der Waals surface area contributed by atoms with E-state index < -0.39 is 0 Å². The van der Waals surface area contributed by atoms with E-state index in [1.54, 1.807) is 35.6 Å². The first-order valence-electron chi connectivity index (χ1n) is 6.54. The van der Waals surface area contributed by atoms with Crippen LogP contribution in [0.1, 0.15) is 32.9 Å². The number of rotatable bonds is 4. The molecule has 0 aliphatic carbocycles. The lowest BCUT2D eigenvalue weighted by atomic mass is 10.2. The third kappa shape index (κ3) is 4.13. The number of hydrogen-bond donors (Lipinski definition) is 2. The van der Waals surface area contributed by atoms with Crippen LogP contribution in [0.3, 0.4) is 0 Å². The third-order valence-electron chi connectivity index (χ3n) is 2.94. The van der Waals surface area contributed by atoms with Crippen molar-refractivity contribution in [1.29, 1.82) is 0 Å². The molecule has 2 N–H and O–H groups in total. The monoisotopic (exact) mass is 303 g/mol. The summed E-state index contributed by atoms with van der Waals surface area (Å²) in [5.41, 5.74) is 2.23. The molecule has 0 aliphatic rings. The van der Waals surface area contributed by atoms with Crippen molar-refractivity contribution >= 4 is 28.8 Å². The Labute approximate surface area is 127 Å². The molecule has 2 rings (SSSR count). The predicted octanol–water partition coefficient (Wildman–Crippen LogP) is 2.65. The van der Waals surface area contributed by atoms with Crippen LogP contribution >= 0.6 is 11.3 Å². The van der Waals surface area contributed by atoms with Crippen LogP contribution in [0.4, 0.5) is 5.69 Å². The van der Waals surface area contributed by atoms with Gasteiger partial charge in [0.15, 0.2) is 0 Å². The first-order chi connectivity index (χ1) is 9.95. The first kappa shape index (κ1) is 15.2. The molecule has 6 heteroatoms. The average Bonchev–Trinajstić information content (AvgIpc) is 2.75. The Hall–Kier alpha value is -2.21. The highest BCUT2D eigenvalue weighted by atomic mass is 32.1. The van der Waals surface area contributed by atoms with Crippen LogP contribution < -0.4 is 10.6 Å². The van der Waals surface area contributed by atoms with Gasteiger partial charge in [-0.25, -0.2) is 4.98 Å². The second-order valence-corrected chi connectivity index (χ2v) is 5.98. The number of benzene rings is 1. The van der Waals surface area contributed by atoms with E-state index >= 15 is 0 Å². The quantitative estimate of drug-likeness (QED) is 0.912. The van der Waals surface area contributed by atoms with Crippen molar-refractivity contribution in [1.82, 2.24) is 10.3 Å². The molecule has 2 amide bonds. The minimum Gasteiger partial charge on any atom is -0.346 e. The van der Waals surface area contributed by atoms with E-state index in [2.05, 4.69) is 15.6 Å². The molecule has 0 unspecified atom stereocenters. The lowest BCUT2D eigenvalue weighted by Gasteiger charge is -2.05. The van der Waals surface area contributed by atoms with Gasteiger partial charge in [0.05, 0.1) is 12.2 Å². The number of aromatic nitrogens is 1. The van der Waals surface area contributed by atoms with Gasteiger partial charge in [0.25, 0.3) is 5.91 Å². The van der Waals surface area contributed by atoms with Crippen LogP contribution in [0.2, 0.25) is 0 Å². The Balaban J connectivity index is 1.95. The average molecular weight is 303 g/mol. The Bertz CT molecular complexity index is 643. The van der Waals surface area contributed by atoms with E-state index in [0.717, 1.165) is 10.7 Å². The van der Waals surface area contributed by atoms with E-state index in [-0.39, 0.29) is 11.8 Å². The van der Waals surface area contributed by atoms with Crippen LogP contribution in [-0.2, 0) is 11.3 Å². The molecule has 0 fully saturated rings. The van der Waals surface area contributed by atoms with Crippen LogP contribution in [0.25, 0.3) is 0 Å².